The van der Waals surface area contributed by atoms with Gasteiger partial charge in [0.2, 0.25) is 5.91 Å². The number of nitrogens with one attached hydrogen (secondary N) is 1. The van der Waals surface area contributed by atoms with Crippen LogP contribution in [0.1, 0.15) is 24.8 Å². The molecule has 21 heavy (non-hydrogen) atoms. The molecule has 1 saturated heterocycles. The maximum Gasteiger partial charge on any atom is 0.236 e. The minimum absolute atomic E-state index is 0.194. The summed E-state index contributed by atoms with van der Waals surface area (Å²) in [6.07, 6.45) is 5.23. The zero-order chi connectivity index (χ0) is 14.9. The number of benzene rings is 1. The van der Waals surface area contributed by atoms with Crippen LogP contribution in [0.4, 0.5) is 0 Å². The average molecular weight is 288 g/mol. The number of ether oxygens (including phenoxy) is 1. The molecule has 0 radical (unpaired) electrons. The summed E-state index contributed by atoms with van der Waals surface area (Å²) in [6, 6.07) is 7.87. The van der Waals surface area contributed by atoms with Crippen LogP contribution in [0, 0.1) is 0 Å². The summed E-state index contributed by atoms with van der Waals surface area (Å²) in [7, 11) is 0. The van der Waals surface area contributed by atoms with Gasteiger partial charge in [-0.25, -0.2) is 0 Å². The number of hydrogen-bond donors (Lipinski definition) is 1. The van der Waals surface area contributed by atoms with E-state index in [1.165, 1.54) is 6.42 Å². The lowest BCUT2D eigenvalue weighted by Gasteiger charge is -2.26. The van der Waals surface area contributed by atoms with Crippen molar-refractivity contribution in [3.05, 3.63) is 42.5 Å². The fraction of sp³-hybridized carbons (Fsp3) is 0.471. The first kappa shape index (κ1) is 15.6. The van der Waals surface area contributed by atoms with Gasteiger partial charge in [-0.2, -0.15) is 0 Å². The fourth-order valence-corrected chi connectivity index (χ4v) is 2.50. The van der Waals surface area contributed by atoms with Crippen molar-refractivity contribution >= 4 is 5.91 Å². The number of likely N-dealkylation sites (tertiary alicyclic amines) is 1. The Bertz CT molecular complexity index is 468. The van der Waals surface area contributed by atoms with Crippen LogP contribution in [0.25, 0.3) is 0 Å². The van der Waals surface area contributed by atoms with E-state index in [2.05, 4.69) is 11.9 Å². The van der Waals surface area contributed by atoms with Gasteiger partial charge in [-0.1, -0.05) is 30.9 Å². The highest BCUT2D eigenvalue weighted by Gasteiger charge is 2.15. The lowest BCUT2D eigenvalue weighted by atomic mass is 10.1. The second-order valence-electron chi connectivity index (χ2n) is 5.25. The number of carbonyl (C=O) groups is 1. The summed E-state index contributed by atoms with van der Waals surface area (Å²) in [5.74, 6) is 1.04. The lowest BCUT2D eigenvalue weighted by molar-refractivity contribution is -0.131. The van der Waals surface area contributed by atoms with Gasteiger partial charge in [-0.05, 0) is 25.3 Å². The topological polar surface area (TPSA) is 41.6 Å². The van der Waals surface area contributed by atoms with Gasteiger partial charge in [-0.3, -0.25) is 4.79 Å². The monoisotopic (exact) mass is 288 g/mol. The molecule has 0 saturated carbocycles. The van der Waals surface area contributed by atoms with Crippen molar-refractivity contribution in [1.29, 1.82) is 0 Å². The number of rotatable bonds is 7. The smallest absolute Gasteiger partial charge is 0.236 e. The Morgan fingerprint density at radius 1 is 1.29 bits per heavy atom. The van der Waals surface area contributed by atoms with Gasteiger partial charge < -0.3 is 15.0 Å². The molecule has 0 aromatic heterocycles. The van der Waals surface area contributed by atoms with Crippen molar-refractivity contribution in [1.82, 2.24) is 10.2 Å². The highest BCUT2D eigenvalue weighted by Crippen LogP contribution is 2.17. The predicted octanol–water partition coefficient (Wildman–Crippen LogP) is 2.35. The Morgan fingerprint density at radius 3 is 2.81 bits per heavy atom. The molecule has 1 aromatic rings. The zero-order valence-corrected chi connectivity index (χ0v) is 12.5. The summed E-state index contributed by atoms with van der Waals surface area (Å²) in [4.78, 5) is 14.0. The summed E-state index contributed by atoms with van der Waals surface area (Å²) in [5.41, 5.74) is 1.06. The predicted molar refractivity (Wildman–Crippen MR) is 84.3 cm³/mol. The summed E-state index contributed by atoms with van der Waals surface area (Å²) < 4.78 is 5.61. The van der Waals surface area contributed by atoms with Crippen LogP contribution in [0.15, 0.2) is 36.9 Å². The third kappa shape index (κ3) is 4.90. The minimum atomic E-state index is 0.194. The number of carbonyl (C=O) groups excluding carboxylic acids is 1. The highest BCUT2D eigenvalue weighted by molar-refractivity contribution is 5.78. The first-order valence-corrected chi connectivity index (χ1v) is 7.61. The van der Waals surface area contributed by atoms with Crippen molar-refractivity contribution in [2.75, 3.05) is 26.2 Å². The fourth-order valence-electron chi connectivity index (χ4n) is 2.50. The van der Waals surface area contributed by atoms with Gasteiger partial charge in [0, 0.05) is 25.2 Å². The minimum Gasteiger partial charge on any atom is -0.489 e. The SMILES string of the molecule is C=CCOc1ccccc1CNCC(=O)N1CCCCC1. The number of nitrogens with zero attached hydrogens (tertiary/aromatic N) is 1. The van der Waals surface area contributed by atoms with Crippen LogP contribution in [0.5, 0.6) is 5.75 Å². The second-order valence-corrected chi connectivity index (χ2v) is 5.25. The third-order valence-corrected chi connectivity index (χ3v) is 3.63. The maximum atomic E-state index is 12.1. The van der Waals surface area contributed by atoms with E-state index in [-0.39, 0.29) is 5.91 Å². The molecule has 1 fully saturated rings. The van der Waals surface area contributed by atoms with Crippen molar-refractivity contribution in [3.8, 4) is 5.75 Å². The van der Waals surface area contributed by atoms with Crippen LogP contribution >= 0.6 is 0 Å². The molecule has 1 heterocycles. The van der Waals surface area contributed by atoms with E-state index >= 15 is 0 Å². The zero-order valence-electron chi connectivity index (χ0n) is 12.5. The van der Waals surface area contributed by atoms with Crippen molar-refractivity contribution in [2.24, 2.45) is 0 Å². The van der Waals surface area contributed by atoms with Crippen molar-refractivity contribution in [2.45, 2.75) is 25.8 Å². The van der Waals surface area contributed by atoms with Crippen LogP contribution in [0.3, 0.4) is 0 Å². The summed E-state index contributed by atoms with van der Waals surface area (Å²) in [5, 5.41) is 3.22. The van der Waals surface area contributed by atoms with Gasteiger partial charge >= 0.3 is 0 Å². The largest absolute Gasteiger partial charge is 0.489 e. The molecule has 0 bridgehead atoms. The van der Waals surface area contributed by atoms with E-state index in [1.54, 1.807) is 6.08 Å². The first-order valence-electron chi connectivity index (χ1n) is 7.61. The molecule has 1 aromatic carbocycles. The summed E-state index contributed by atoms with van der Waals surface area (Å²) in [6.45, 7) is 6.96. The normalized spacial score (nSPS) is 14.8. The molecule has 1 N–H and O–H groups in total. The average Bonchev–Trinajstić information content (AvgIpc) is 2.54. The molecule has 1 amide bonds. The van der Waals surface area contributed by atoms with Gasteiger partial charge in [0.15, 0.2) is 0 Å². The second kappa shape index (κ2) is 8.47. The molecule has 2 rings (SSSR count). The van der Waals surface area contributed by atoms with Crippen molar-refractivity contribution in [3.63, 3.8) is 0 Å². The molecular formula is C17H24N2O2. The van der Waals surface area contributed by atoms with Crippen LogP contribution in [0.2, 0.25) is 0 Å². The van der Waals surface area contributed by atoms with E-state index in [9.17, 15) is 4.79 Å². The number of para-hydroxylation sites is 1. The van der Waals surface area contributed by atoms with Crippen LogP contribution in [-0.4, -0.2) is 37.0 Å². The van der Waals surface area contributed by atoms with E-state index in [1.807, 2.05) is 29.2 Å². The Balaban J connectivity index is 1.79. The van der Waals surface area contributed by atoms with Crippen molar-refractivity contribution < 1.29 is 9.53 Å². The highest BCUT2D eigenvalue weighted by atomic mass is 16.5. The molecule has 4 nitrogen and oxygen atoms in total. The number of piperidine rings is 1. The molecule has 4 heteroatoms. The quantitative estimate of drug-likeness (QED) is 0.783. The Kier molecular flexibility index (Phi) is 6.28. The Hall–Kier alpha value is -1.81. The molecule has 0 aliphatic carbocycles. The van der Waals surface area contributed by atoms with Crippen LogP contribution < -0.4 is 10.1 Å². The van der Waals surface area contributed by atoms with E-state index < -0.39 is 0 Å². The Morgan fingerprint density at radius 2 is 2.05 bits per heavy atom. The molecular weight excluding hydrogens is 264 g/mol. The lowest BCUT2D eigenvalue weighted by Crippen LogP contribution is -2.40. The molecule has 0 unspecified atom stereocenters. The number of hydrogen-bond acceptors (Lipinski definition) is 3. The van der Waals surface area contributed by atoms with Crippen LogP contribution in [-0.2, 0) is 11.3 Å². The van der Waals surface area contributed by atoms with Gasteiger partial charge in [0.25, 0.3) is 0 Å². The van der Waals surface area contributed by atoms with Gasteiger partial charge in [0.1, 0.15) is 12.4 Å². The molecule has 0 atom stereocenters. The molecule has 0 spiro atoms. The van der Waals surface area contributed by atoms with Gasteiger partial charge in [-0.15, -0.1) is 0 Å². The maximum absolute atomic E-state index is 12.1. The summed E-state index contributed by atoms with van der Waals surface area (Å²) >= 11 is 0. The van der Waals surface area contributed by atoms with E-state index in [0.29, 0.717) is 19.7 Å². The molecule has 1 aliphatic heterocycles. The Labute approximate surface area is 126 Å². The molecule has 114 valence electrons. The van der Waals surface area contributed by atoms with Gasteiger partial charge in [0.05, 0.1) is 6.54 Å². The van der Waals surface area contributed by atoms with E-state index in [4.69, 9.17) is 4.74 Å². The third-order valence-electron chi connectivity index (χ3n) is 3.63. The first-order chi connectivity index (χ1) is 10.3. The van der Waals surface area contributed by atoms with E-state index in [0.717, 1.165) is 37.2 Å². The number of amides is 1. The standard InChI is InChI=1S/C17H24N2O2/c1-2-12-21-16-9-5-4-8-15(16)13-18-14-17(20)19-10-6-3-7-11-19/h2,4-5,8-9,18H,1,3,6-7,10-14H2. The molecule has 1 aliphatic rings.